The van der Waals surface area contributed by atoms with Crippen molar-refractivity contribution in [2.24, 2.45) is 5.92 Å². The molecular weight excluding hydrogens is 604 g/mol. The van der Waals surface area contributed by atoms with E-state index in [0.717, 1.165) is 59.6 Å². The molecule has 0 bridgehead atoms. The van der Waals surface area contributed by atoms with Crippen LogP contribution >= 0.6 is 0 Å². The van der Waals surface area contributed by atoms with E-state index in [-0.39, 0.29) is 0 Å². The van der Waals surface area contributed by atoms with Gasteiger partial charge in [-0.15, -0.1) is 0 Å². The molecule has 49 heavy (non-hydrogen) atoms. The van der Waals surface area contributed by atoms with Gasteiger partial charge in [0.1, 0.15) is 37.1 Å². The molecule has 0 amide bonds. The molecule has 250 valence electrons. The number of aryl methyl sites for hydroxylation is 1. The Kier molecular flexibility index (Phi) is 10.3. The molecule has 6 aromatic rings. The van der Waals surface area contributed by atoms with Crippen molar-refractivity contribution in [3.63, 3.8) is 0 Å². The number of fused-ring (bicyclic) bond motifs is 1. The third-order valence-corrected chi connectivity index (χ3v) is 9.59. The summed E-state index contributed by atoms with van der Waals surface area (Å²) in [7, 11) is 0. The minimum Gasteiger partial charge on any atom is -0.492 e. The van der Waals surface area contributed by atoms with Crippen molar-refractivity contribution in [1.82, 2.24) is 9.47 Å². The van der Waals surface area contributed by atoms with Crippen molar-refractivity contribution in [2.45, 2.75) is 46.4 Å². The van der Waals surface area contributed by atoms with Gasteiger partial charge in [-0.2, -0.15) is 0 Å². The Labute approximate surface area is 290 Å². The maximum absolute atomic E-state index is 6.25. The molecule has 5 aromatic carbocycles. The number of rotatable bonds is 13. The Morgan fingerprint density at radius 1 is 0.653 bits per heavy atom. The van der Waals surface area contributed by atoms with Crippen molar-refractivity contribution in [3.05, 3.63) is 150 Å². The molecule has 0 saturated carbocycles. The Hall–Kier alpha value is -5.00. The number of hydrogen-bond donors (Lipinski definition) is 0. The van der Waals surface area contributed by atoms with Crippen LogP contribution in [0.3, 0.4) is 0 Å². The van der Waals surface area contributed by atoms with Gasteiger partial charge in [-0.3, -0.25) is 4.90 Å². The van der Waals surface area contributed by atoms with Crippen LogP contribution < -0.4 is 14.2 Å². The molecule has 0 spiro atoms. The summed E-state index contributed by atoms with van der Waals surface area (Å²) in [5.41, 5.74) is 8.29. The van der Waals surface area contributed by atoms with E-state index in [2.05, 4.69) is 114 Å². The van der Waals surface area contributed by atoms with Crippen molar-refractivity contribution in [1.29, 1.82) is 0 Å². The van der Waals surface area contributed by atoms with Crippen LogP contribution in [0.15, 0.2) is 127 Å². The first-order valence-electron chi connectivity index (χ1n) is 17.6. The highest BCUT2D eigenvalue weighted by Gasteiger charge is 2.18. The van der Waals surface area contributed by atoms with E-state index in [0.29, 0.717) is 13.2 Å². The molecule has 1 atom stereocenters. The van der Waals surface area contributed by atoms with Crippen molar-refractivity contribution in [2.75, 3.05) is 26.2 Å². The average molecular weight is 651 g/mol. The molecule has 1 aromatic heterocycles. The van der Waals surface area contributed by atoms with Crippen LogP contribution in [-0.2, 0) is 19.8 Å². The first kappa shape index (κ1) is 32.5. The van der Waals surface area contributed by atoms with Gasteiger partial charge >= 0.3 is 0 Å². The summed E-state index contributed by atoms with van der Waals surface area (Å²) in [6.07, 6.45) is 2.63. The zero-order valence-electron chi connectivity index (χ0n) is 28.7. The summed E-state index contributed by atoms with van der Waals surface area (Å²) >= 11 is 0. The smallest absolute Gasteiger partial charge is 0.120 e. The number of hydrogen-bond acceptors (Lipinski definition) is 4. The summed E-state index contributed by atoms with van der Waals surface area (Å²) in [6.45, 7) is 10.5. The van der Waals surface area contributed by atoms with Gasteiger partial charge in [-0.25, -0.2) is 0 Å². The molecule has 7 rings (SSSR count). The van der Waals surface area contributed by atoms with Crippen LogP contribution in [0.5, 0.6) is 17.2 Å². The Balaban J connectivity index is 1.12. The topological polar surface area (TPSA) is 35.9 Å². The minimum absolute atomic E-state index is 0.537. The number of piperidine rings is 1. The van der Waals surface area contributed by atoms with E-state index in [9.17, 15) is 0 Å². The lowest BCUT2D eigenvalue weighted by Gasteiger charge is -2.30. The lowest BCUT2D eigenvalue weighted by molar-refractivity contribution is 0.153. The fraction of sp³-hybridized carbons (Fsp3) is 0.273. The zero-order valence-corrected chi connectivity index (χ0v) is 28.7. The van der Waals surface area contributed by atoms with Gasteiger partial charge in [0.05, 0.1) is 5.69 Å². The zero-order chi connectivity index (χ0) is 33.4. The van der Waals surface area contributed by atoms with Crippen molar-refractivity contribution in [3.8, 4) is 28.5 Å². The molecule has 1 fully saturated rings. The van der Waals surface area contributed by atoms with Crippen molar-refractivity contribution < 1.29 is 14.2 Å². The molecule has 1 unspecified atom stereocenters. The van der Waals surface area contributed by atoms with Gasteiger partial charge < -0.3 is 18.8 Å². The van der Waals surface area contributed by atoms with Gasteiger partial charge in [0.2, 0.25) is 0 Å². The van der Waals surface area contributed by atoms with Gasteiger partial charge in [-0.1, -0.05) is 79.7 Å². The highest BCUT2D eigenvalue weighted by Crippen LogP contribution is 2.37. The van der Waals surface area contributed by atoms with Crippen molar-refractivity contribution >= 4 is 10.9 Å². The second kappa shape index (κ2) is 15.5. The standard InChI is InChI=1S/C44H46N2O3/c1-33-10-9-25-45(29-33)26-27-47-39-19-15-35(16-20-39)30-46-43-24-23-41(49-32-37-13-7-4-8-14-37)28-42(43)34(2)44(46)38-17-21-40(22-18-38)48-31-36-11-5-3-6-12-36/h3-8,11-24,28,33H,9-10,25-27,29-32H2,1-2H3. The summed E-state index contributed by atoms with van der Waals surface area (Å²) < 4.78 is 21.0. The fourth-order valence-corrected chi connectivity index (χ4v) is 6.97. The molecule has 5 heteroatoms. The van der Waals surface area contributed by atoms with Crippen LogP contribution in [-0.4, -0.2) is 35.7 Å². The highest BCUT2D eigenvalue weighted by atomic mass is 16.5. The van der Waals surface area contributed by atoms with Crippen LogP contribution in [0.4, 0.5) is 0 Å². The largest absolute Gasteiger partial charge is 0.492 e. The van der Waals surface area contributed by atoms with Crippen LogP contribution in [0.2, 0.25) is 0 Å². The number of aromatic nitrogens is 1. The molecule has 2 heterocycles. The molecule has 1 aliphatic heterocycles. The van der Waals surface area contributed by atoms with Crippen LogP contribution in [0.25, 0.3) is 22.2 Å². The average Bonchev–Trinajstić information content (AvgIpc) is 3.41. The molecule has 0 radical (unpaired) electrons. The summed E-state index contributed by atoms with van der Waals surface area (Å²) in [5.74, 6) is 3.43. The van der Waals surface area contributed by atoms with E-state index >= 15 is 0 Å². The van der Waals surface area contributed by atoms with Gasteiger partial charge in [0, 0.05) is 30.5 Å². The normalized spacial score (nSPS) is 14.9. The number of benzene rings is 5. The number of likely N-dealkylation sites (tertiary alicyclic amines) is 1. The third kappa shape index (κ3) is 8.18. The van der Waals surface area contributed by atoms with Crippen LogP contribution in [0.1, 0.15) is 42.0 Å². The predicted molar refractivity (Wildman–Crippen MR) is 200 cm³/mol. The first-order valence-corrected chi connectivity index (χ1v) is 17.6. The molecular formula is C44H46N2O3. The summed E-state index contributed by atoms with van der Waals surface area (Å²) in [5, 5.41) is 1.19. The first-order chi connectivity index (χ1) is 24.1. The van der Waals surface area contributed by atoms with E-state index in [1.54, 1.807) is 0 Å². The SMILES string of the molecule is Cc1c(-c2ccc(OCc3ccccc3)cc2)n(Cc2ccc(OCCN3CCCC(C)C3)cc2)c2ccc(OCc3ccccc3)cc12. The summed E-state index contributed by atoms with van der Waals surface area (Å²) in [6, 6.07) is 44.2. The number of nitrogens with zero attached hydrogens (tertiary/aromatic N) is 2. The van der Waals surface area contributed by atoms with E-state index in [4.69, 9.17) is 14.2 Å². The number of ether oxygens (including phenoxy) is 3. The van der Waals surface area contributed by atoms with Gasteiger partial charge in [-0.05, 0) is 115 Å². The second-order valence-electron chi connectivity index (χ2n) is 13.4. The lowest BCUT2D eigenvalue weighted by atomic mass is 10.0. The quantitative estimate of drug-likeness (QED) is 0.125. The molecule has 1 aliphatic rings. The lowest BCUT2D eigenvalue weighted by Crippen LogP contribution is -2.37. The fourth-order valence-electron chi connectivity index (χ4n) is 6.97. The molecule has 5 nitrogen and oxygen atoms in total. The Morgan fingerprint density at radius 3 is 1.94 bits per heavy atom. The maximum atomic E-state index is 6.25. The highest BCUT2D eigenvalue weighted by molar-refractivity contribution is 5.92. The minimum atomic E-state index is 0.537. The Morgan fingerprint density at radius 2 is 1.27 bits per heavy atom. The second-order valence-corrected chi connectivity index (χ2v) is 13.4. The summed E-state index contributed by atoms with van der Waals surface area (Å²) in [4.78, 5) is 2.53. The molecule has 0 aliphatic carbocycles. The predicted octanol–water partition coefficient (Wildman–Crippen LogP) is 9.93. The molecule has 1 saturated heterocycles. The van der Waals surface area contributed by atoms with Gasteiger partial charge in [0.15, 0.2) is 0 Å². The Bertz CT molecular complexity index is 1930. The van der Waals surface area contributed by atoms with Crippen LogP contribution in [0, 0.1) is 12.8 Å². The van der Waals surface area contributed by atoms with E-state index in [1.807, 2.05) is 36.4 Å². The maximum Gasteiger partial charge on any atom is 0.120 e. The monoisotopic (exact) mass is 650 g/mol. The van der Waals surface area contributed by atoms with E-state index < -0.39 is 0 Å². The van der Waals surface area contributed by atoms with E-state index in [1.165, 1.54) is 53.7 Å². The van der Waals surface area contributed by atoms with Gasteiger partial charge in [0.25, 0.3) is 0 Å². The third-order valence-electron chi connectivity index (χ3n) is 9.59. The molecule has 0 N–H and O–H groups in total.